The zero-order valence-electron chi connectivity index (χ0n) is 14.0. The number of nitrogens with one attached hydrogen (secondary N) is 2. The number of carbonyl (C=O) groups excluding carboxylic acids is 2. The summed E-state index contributed by atoms with van der Waals surface area (Å²) in [5.74, 6) is -0.319. The summed E-state index contributed by atoms with van der Waals surface area (Å²) in [6, 6.07) is 11.1. The Morgan fingerprint density at radius 3 is 1.61 bits per heavy atom. The van der Waals surface area contributed by atoms with Crippen LogP contribution < -0.4 is 10.6 Å². The fraction of sp³-hybridized carbons (Fsp3) is 0. The van der Waals surface area contributed by atoms with Crippen molar-refractivity contribution >= 4 is 87.9 Å². The van der Waals surface area contributed by atoms with Crippen LogP contribution in [-0.2, 0) is 0 Å². The maximum atomic E-state index is 12.2. The first-order valence-electron chi connectivity index (χ1n) is 8.06. The van der Waals surface area contributed by atoms with Crippen molar-refractivity contribution < 1.29 is 9.59 Å². The summed E-state index contributed by atoms with van der Waals surface area (Å²) in [6.45, 7) is 0. The Balaban J connectivity index is 1.40. The predicted molar refractivity (Wildman–Crippen MR) is 117 cm³/mol. The lowest BCUT2D eigenvalue weighted by Gasteiger charge is -1.97. The van der Waals surface area contributed by atoms with E-state index in [1.165, 1.54) is 45.3 Å². The third-order valence-electron chi connectivity index (χ3n) is 3.83. The molecular weight excluding hydrogens is 432 g/mol. The molecule has 4 heterocycles. The average molecular weight is 443 g/mol. The lowest BCUT2D eigenvalue weighted by molar-refractivity contribution is 0.102. The molecule has 0 unspecified atom stereocenters. The minimum Gasteiger partial charge on any atom is -0.297 e. The van der Waals surface area contributed by atoms with Gasteiger partial charge in [0.1, 0.15) is 0 Å². The minimum atomic E-state index is -0.160. The summed E-state index contributed by atoms with van der Waals surface area (Å²) in [4.78, 5) is 34.7. The number of rotatable bonds is 4. The van der Waals surface area contributed by atoms with Gasteiger partial charge in [-0.25, -0.2) is 9.97 Å². The third-order valence-corrected chi connectivity index (χ3v) is 7.43. The summed E-state index contributed by atoms with van der Waals surface area (Å²) < 4.78 is 1.85. The number of thiophene rings is 2. The summed E-state index contributed by atoms with van der Waals surface area (Å²) in [5, 5.41) is 10.5. The van der Waals surface area contributed by atoms with Crippen LogP contribution in [0, 0.1) is 0 Å². The quantitative estimate of drug-likeness (QED) is 0.383. The van der Waals surface area contributed by atoms with Gasteiger partial charge < -0.3 is 0 Å². The zero-order valence-corrected chi connectivity index (χ0v) is 17.2. The number of anilines is 2. The molecule has 0 saturated heterocycles. The topological polar surface area (TPSA) is 84.0 Å². The molecule has 0 saturated carbocycles. The maximum Gasteiger partial charge on any atom is 0.267 e. The van der Waals surface area contributed by atoms with Gasteiger partial charge in [0.2, 0.25) is 0 Å². The number of fused-ring (bicyclic) bond motifs is 2. The van der Waals surface area contributed by atoms with E-state index in [1.807, 2.05) is 35.0 Å². The highest BCUT2D eigenvalue weighted by Gasteiger charge is 2.14. The van der Waals surface area contributed by atoms with E-state index in [9.17, 15) is 9.59 Å². The van der Waals surface area contributed by atoms with Crippen molar-refractivity contribution in [1.82, 2.24) is 9.97 Å². The Labute approximate surface area is 174 Å². The molecule has 0 radical (unpaired) electrons. The highest BCUT2D eigenvalue weighted by Crippen LogP contribution is 2.34. The highest BCUT2D eigenvalue weighted by atomic mass is 32.1. The van der Waals surface area contributed by atoms with Gasteiger partial charge in [-0.3, -0.25) is 20.2 Å². The number of amides is 2. The fourth-order valence-corrected chi connectivity index (χ4v) is 5.58. The Morgan fingerprint density at radius 1 is 0.750 bits per heavy atom. The Bertz CT molecular complexity index is 1150. The van der Waals surface area contributed by atoms with Gasteiger partial charge in [-0.15, -0.1) is 22.7 Å². The second-order valence-corrected chi connectivity index (χ2v) is 9.65. The molecule has 0 spiro atoms. The number of carbonyl (C=O) groups is 2. The number of hydrogen-bond acceptors (Lipinski definition) is 8. The van der Waals surface area contributed by atoms with Crippen LogP contribution in [0.1, 0.15) is 19.3 Å². The number of thiazole rings is 2. The lowest BCUT2D eigenvalue weighted by Crippen LogP contribution is -2.09. The smallest absolute Gasteiger partial charge is 0.267 e. The molecule has 10 heteroatoms. The predicted octanol–water partition coefficient (Wildman–Crippen LogP) is 5.53. The van der Waals surface area contributed by atoms with E-state index >= 15 is 0 Å². The van der Waals surface area contributed by atoms with Crippen LogP contribution in [0.3, 0.4) is 0 Å². The Morgan fingerprint density at radius 2 is 1.21 bits per heavy atom. The summed E-state index contributed by atoms with van der Waals surface area (Å²) in [5.41, 5.74) is 1.58. The molecule has 138 valence electrons. The van der Waals surface area contributed by atoms with Crippen molar-refractivity contribution in [3.8, 4) is 0 Å². The van der Waals surface area contributed by atoms with Gasteiger partial charge in [0.25, 0.3) is 11.8 Å². The van der Waals surface area contributed by atoms with Gasteiger partial charge in [0, 0.05) is 0 Å². The standard InChI is InChI=1S/C18H10N4O2S4/c23-15(11-3-1-5-25-11)21-17-19-9-7-14-10(8-13(9)27-17)20-18(28-14)22-16(24)12-4-2-6-26-12/h1-8H,(H,19,21,23)(H,20,22,24). The molecule has 5 rings (SSSR count). The third kappa shape index (κ3) is 3.31. The molecule has 0 atom stereocenters. The maximum absolute atomic E-state index is 12.2. The van der Waals surface area contributed by atoms with Crippen LogP contribution in [0.15, 0.2) is 47.2 Å². The zero-order chi connectivity index (χ0) is 19.1. The van der Waals surface area contributed by atoms with Crippen molar-refractivity contribution in [1.29, 1.82) is 0 Å². The van der Waals surface area contributed by atoms with Crippen molar-refractivity contribution in [3.63, 3.8) is 0 Å². The average Bonchev–Trinajstić information content (AvgIpc) is 3.43. The van der Waals surface area contributed by atoms with Gasteiger partial charge in [0.15, 0.2) is 10.3 Å². The summed E-state index contributed by atoms with van der Waals surface area (Å²) in [6.07, 6.45) is 0. The van der Waals surface area contributed by atoms with E-state index in [-0.39, 0.29) is 11.8 Å². The van der Waals surface area contributed by atoms with Gasteiger partial charge in [0.05, 0.1) is 30.2 Å². The van der Waals surface area contributed by atoms with Gasteiger partial charge in [-0.2, -0.15) is 0 Å². The molecule has 5 aromatic rings. The van der Waals surface area contributed by atoms with E-state index in [1.54, 1.807) is 12.1 Å². The Kier molecular flexibility index (Phi) is 4.40. The van der Waals surface area contributed by atoms with E-state index in [4.69, 9.17) is 0 Å². The molecule has 1 aromatic carbocycles. The van der Waals surface area contributed by atoms with Crippen LogP contribution in [0.4, 0.5) is 10.3 Å². The molecule has 0 aliphatic heterocycles. The number of aromatic nitrogens is 2. The van der Waals surface area contributed by atoms with Crippen LogP contribution >= 0.6 is 45.3 Å². The lowest BCUT2D eigenvalue weighted by atomic mass is 10.3. The largest absolute Gasteiger partial charge is 0.297 e. The SMILES string of the molecule is O=C(Nc1nc2cc3sc(NC(=O)c4cccs4)nc3cc2s1)c1cccs1. The molecule has 0 aliphatic rings. The highest BCUT2D eigenvalue weighted by molar-refractivity contribution is 7.24. The molecule has 6 nitrogen and oxygen atoms in total. The molecule has 2 amide bonds. The normalized spacial score (nSPS) is 11.1. The molecule has 28 heavy (non-hydrogen) atoms. The fourth-order valence-electron chi connectivity index (χ4n) is 2.59. The van der Waals surface area contributed by atoms with Gasteiger partial charge >= 0.3 is 0 Å². The van der Waals surface area contributed by atoms with Crippen molar-refractivity contribution in [2.75, 3.05) is 10.6 Å². The van der Waals surface area contributed by atoms with Crippen LogP contribution in [0.2, 0.25) is 0 Å². The minimum absolute atomic E-state index is 0.160. The van der Waals surface area contributed by atoms with Crippen molar-refractivity contribution in [2.24, 2.45) is 0 Å². The van der Waals surface area contributed by atoms with Gasteiger partial charge in [-0.05, 0) is 35.0 Å². The first-order chi connectivity index (χ1) is 13.7. The monoisotopic (exact) mass is 442 g/mol. The van der Waals surface area contributed by atoms with Crippen LogP contribution in [0.25, 0.3) is 20.4 Å². The van der Waals surface area contributed by atoms with Crippen molar-refractivity contribution in [3.05, 3.63) is 56.9 Å². The van der Waals surface area contributed by atoms with Crippen LogP contribution in [-0.4, -0.2) is 21.8 Å². The molecule has 4 aromatic heterocycles. The number of hydrogen-bond donors (Lipinski definition) is 2. The van der Waals surface area contributed by atoms with E-state index in [0.29, 0.717) is 20.0 Å². The van der Waals surface area contributed by atoms with E-state index in [2.05, 4.69) is 20.6 Å². The summed E-state index contributed by atoms with van der Waals surface area (Å²) >= 11 is 5.58. The molecular formula is C18H10N4O2S4. The first kappa shape index (κ1) is 17.4. The van der Waals surface area contributed by atoms with Crippen LogP contribution in [0.5, 0.6) is 0 Å². The number of benzene rings is 1. The second-order valence-electron chi connectivity index (χ2n) is 5.69. The first-order valence-corrected chi connectivity index (χ1v) is 11.5. The van der Waals surface area contributed by atoms with E-state index < -0.39 is 0 Å². The Hall–Kier alpha value is -2.66. The van der Waals surface area contributed by atoms with Gasteiger partial charge in [-0.1, -0.05) is 34.8 Å². The van der Waals surface area contributed by atoms with Crippen molar-refractivity contribution in [2.45, 2.75) is 0 Å². The molecule has 0 aliphatic carbocycles. The number of nitrogens with zero attached hydrogens (tertiary/aromatic N) is 2. The molecule has 0 fully saturated rings. The molecule has 2 N–H and O–H groups in total. The molecule has 0 bridgehead atoms. The second kappa shape index (κ2) is 7.06. The van der Waals surface area contributed by atoms with E-state index in [0.717, 1.165) is 20.4 Å². The summed E-state index contributed by atoms with van der Waals surface area (Å²) in [7, 11) is 0.